The Morgan fingerprint density at radius 3 is 2.96 bits per heavy atom. The van der Waals surface area contributed by atoms with Gasteiger partial charge in [-0.2, -0.15) is 0 Å². The SMILES string of the molecule is CCOc1cccc2[nH]cc(CC(=O)N3CCC(O)(C(F)F)C3)c12. The number of carbonyl (C=O) groups excluding carboxylic acids is 1. The Labute approximate surface area is 138 Å². The molecule has 24 heavy (non-hydrogen) atoms. The van der Waals surface area contributed by atoms with Crippen LogP contribution in [0.25, 0.3) is 10.9 Å². The molecule has 2 N–H and O–H groups in total. The maximum absolute atomic E-state index is 12.9. The van der Waals surface area contributed by atoms with Crippen molar-refractivity contribution in [3.05, 3.63) is 30.0 Å². The molecule has 1 fully saturated rings. The number of aliphatic hydroxyl groups is 1. The Bertz CT molecular complexity index is 747. The van der Waals surface area contributed by atoms with E-state index in [2.05, 4.69) is 4.98 Å². The smallest absolute Gasteiger partial charge is 0.268 e. The number of aromatic nitrogens is 1. The van der Waals surface area contributed by atoms with E-state index in [1.807, 2.05) is 25.1 Å². The molecule has 1 amide bonds. The summed E-state index contributed by atoms with van der Waals surface area (Å²) in [5.41, 5.74) is -0.479. The van der Waals surface area contributed by atoms with Crippen LogP contribution < -0.4 is 4.74 Å². The molecular formula is C17H20F2N2O3. The lowest BCUT2D eigenvalue weighted by atomic mass is 10.1. The number of carbonyl (C=O) groups is 1. The van der Waals surface area contributed by atoms with E-state index in [0.29, 0.717) is 12.4 Å². The Hall–Kier alpha value is -2.15. The quantitative estimate of drug-likeness (QED) is 0.879. The van der Waals surface area contributed by atoms with E-state index in [9.17, 15) is 18.7 Å². The first-order chi connectivity index (χ1) is 11.4. The summed E-state index contributed by atoms with van der Waals surface area (Å²) in [7, 11) is 0. The molecule has 1 unspecified atom stereocenters. The number of hydrogen-bond donors (Lipinski definition) is 2. The summed E-state index contributed by atoms with van der Waals surface area (Å²) < 4.78 is 31.4. The number of aromatic amines is 1. The van der Waals surface area contributed by atoms with Crippen LogP contribution in [0, 0.1) is 0 Å². The zero-order chi connectivity index (χ0) is 17.3. The van der Waals surface area contributed by atoms with Crippen molar-refractivity contribution >= 4 is 16.8 Å². The van der Waals surface area contributed by atoms with Gasteiger partial charge in [0.1, 0.15) is 11.4 Å². The van der Waals surface area contributed by atoms with Crippen LogP contribution in [0.5, 0.6) is 5.75 Å². The Morgan fingerprint density at radius 1 is 1.50 bits per heavy atom. The van der Waals surface area contributed by atoms with E-state index in [-0.39, 0.29) is 31.8 Å². The molecular weight excluding hydrogens is 318 g/mol. The lowest BCUT2D eigenvalue weighted by Gasteiger charge is -2.22. The average molecular weight is 338 g/mol. The highest BCUT2D eigenvalue weighted by Crippen LogP contribution is 2.31. The zero-order valence-electron chi connectivity index (χ0n) is 13.4. The number of nitrogens with zero attached hydrogens (tertiary/aromatic N) is 1. The summed E-state index contributed by atoms with van der Waals surface area (Å²) in [6.45, 7) is 2.20. The molecule has 3 rings (SSSR count). The number of benzene rings is 1. The lowest BCUT2D eigenvalue weighted by Crippen LogP contribution is -2.42. The molecule has 1 aliphatic rings. The van der Waals surface area contributed by atoms with Gasteiger partial charge in [0.2, 0.25) is 5.91 Å². The van der Waals surface area contributed by atoms with E-state index in [0.717, 1.165) is 16.5 Å². The molecule has 2 aromatic rings. The van der Waals surface area contributed by atoms with Crippen molar-refractivity contribution in [1.82, 2.24) is 9.88 Å². The monoisotopic (exact) mass is 338 g/mol. The first-order valence-corrected chi connectivity index (χ1v) is 7.94. The van der Waals surface area contributed by atoms with Crippen molar-refractivity contribution in [2.24, 2.45) is 0 Å². The fourth-order valence-electron chi connectivity index (χ4n) is 3.12. The predicted molar refractivity (Wildman–Crippen MR) is 85.3 cm³/mol. The molecule has 0 aliphatic carbocycles. The normalized spacial score (nSPS) is 21.0. The van der Waals surface area contributed by atoms with E-state index in [4.69, 9.17) is 4.74 Å². The summed E-state index contributed by atoms with van der Waals surface area (Å²) in [6, 6.07) is 5.58. The predicted octanol–water partition coefficient (Wildman–Crippen LogP) is 2.34. The van der Waals surface area contributed by atoms with E-state index in [1.54, 1.807) is 6.20 Å². The van der Waals surface area contributed by atoms with E-state index in [1.165, 1.54) is 4.90 Å². The molecule has 1 aromatic carbocycles. The molecule has 0 saturated carbocycles. The topological polar surface area (TPSA) is 65.6 Å². The number of amides is 1. The highest BCUT2D eigenvalue weighted by Gasteiger charge is 2.45. The van der Waals surface area contributed by atoms with Crippen LogP contribution in [0.1, 0.15) is 18.9 Å². The van der Waals surface area contributed by atoms with Crippen molar-refractivity contribution in [3.63, 3.8) is 0 Å². The molecule has 0 bridgehead atoms. The third-order valence-corrected chi connectivity index (χ3v) is 4.43. The van der Waals surface area contributed by atoms with E-state index >= 15 is 0 Å². The van der Waals surface area contributed by atoms with Crippen LogP contribution in [0.3, 0.4) is 0 Å². The van der Waals surface area contributed by atoms with Gasteiger partial charge in [-0.25, -0.2) is 8.78 Å². The van der Waals surface area contributed by atoms with Gasteiger partial charge < -0.3 is 19.7 Å². The van der Waals surface area contributed by atoms with Gasteiger partial charge in [0.05, 0.1) is 19.6 Å². The van der Waals surface area contributed by atoms with Crippen molar-refractivity contribution < 1.29 is 23.4 Å². The van der Waals surface area contributed by atoms with Crippen molar-refractivity contribution in [3.8, 4) is 5.75 Å². The van der Waals surface area contributed by atoms with E-state index < -0.39 is 12.0 Å². The minimum absolute atomic E-state index is 0.0728. The largest absolute Gasteiger partial charge is 0.493 e. The second kappa shape index (κ2) is 6.39. The number of hydrogen-bond acceptors (Lipinski definition) is 3. The number of nitrogens with one attached hydrogen (secondary N) is 1. The third-order valence-electron chi connectivity index (χ3n) is 4.43. The number of β-amino-alcohol motifs (C(OH)–C–C–N with tert-alkyl or cyclic N) is 1. The molecule has 130 valence electrons. The lowest BCUT2D eigenvalue weighted by molar-refractivity contribution is -0.132. The highest BCUT2D eigenvalue weighted by molar-refractivity contribution is 5.93. The van der Waals surface area contributed by atoms with Crippen molar-refractivity contribution in [1.29, 1.82) is 0 Å². The number of likely N-dealkylation sites (tertiary alicyclic amines) is 1. The molecule has 0 radical (unpaired) electrons. The number of H-pyrrole nitrogens is 1. The zero-order valence-corrected chi connectivity index (χ0v) is 13.4. The van der Waals surface area contributed by atoms with Gasteiger partial charge >= 0.3 is 0 Å². The standard InChI is InChI=1S/C17H20F2N2O3/c1-2-24-13-5-3-4-12-15(13)11(9-20-12)8-14(22)21-7-6-17(23,10-21)16(18)19/h3-5,9,16,20,23H,2,6-8,10H2,1H3. The first kappa shape index (κ1) is 16.7. The molecule has 7 heteroatoms. The number of rotatable bonds is 5. The third kappa shape index (κ3) is 2.96. The molecule has 1 saturated heterocycles. The minimum atomic E-state index is -2.85. The first-order valence-electron chi connectivity index (χ1n) is 7.94. The van der Waals surface area contributed by atoms with Crippen LogP contribution in [0.15, 0.2) is 24.4 Å². The molecule has 0 spiro atoms. The summed E-state index contributed by atoms with van der Waals surface area (Å²) >= 11 is 0. The second-order valence-corrected chi connectivity index (χ2v) is 6.07. The number of fused-ring (bicyclic) bond motifs is 1. The number of alkyl halides is 2. The maximum Gasteiger partial charge on any atom is 0.268 e. The second-order valence-electron chi connectivity index (χ2n) is 6.07. The van der Waals surface area contributed by atoms with Gasteiger partial charge in [0, 0.05) is 30.1 Å². The highest BCUT2D eigenvalue weighted by atomic mass is 19.3. The van der Waals surface area contributed by atoms with Gasteiger partial charge in [-0.1, -0.05) is 6.07 Å². The van der Waals surface area contributed by atoms with Crippen molar-refractivity contribution in [2.75, 3.05) is 19.7 Å². The van der Waals surface area contributed by atoms with Gasteiger partial charge in [0.25, 0.3) is 6.43 Å². The van der Waals surface area contributed by atoms with Crippen molar-refractivity contribution in [2.45, 2.75) is 31.8 Å². The molecule has 1 aliphatic heterocycles. The maximum atomic E-state index is 12.9. The average Bonchev–Trinajstić information content (AvgIpc) is 3.14. The fraction of sp³-hybridized carbons (Fsp3) is 0.471. The summed E-state index contributed by atoms with van der Waals surface area (Å²) in [5.74, 6) is 0.406. The van der Waals surface area contributed by atoms with Crippen LogP contribution in [-0.4, -0.2) is 52.6 Å². The van der Waals surface area contributed by atoms with Crippen LogP contribution in [-0.2, 0) is 11.2 Å². The Balaban J connectivity index is 1.79. The Morgan fingerprint density at radius 2 is 2.29 bits per heavy atom. The van der Waals surface area contributed by atoms with Crippen LogP contribution >= 0.6 is 0 Å². The van der Waals surface area contributed by atoms with Gasteiger partial charge in [-0.05, 0) is 24.6 Å². The van der Waals surface area contributed by atoms with Gasteiger partial charge in [-0.3, -0.25) is 4.79 Å². The number of ether oxygens (including phenoxy) is 1. The minimum Gasteiger partial charge on any atom is -0.493 e. The fourth-order valence-corrected chi connectivity index (χ4v) is 3.12. The Kier molecular flexibility index (Phi) is 4.45. The molecule has 5 nitrogen and oxygen atoms in total. The molecule has 1 atom stereocenters. The van der Waals surface area contributed by atoms with Gasteiger partial charge in [0.15, 0.2) is 0 Å². The summed E-state index contributed by atoms with van der Waals surface area (Å²) in [5, 5.41) is 10.7. The molecule has 1 aromatic heterocycles. The van der Waals surface area contributed by atoms with Crippen LogP contribution in [0.4, 0.5) is 8.78 Å². The number of halogens is 2. The van der Waals surface area contributed by atoms with Gasteiger partial charge in [-0.15, -0.1) is 0 Å². The summed E-state index contributed by atoms with van der Waals surface area (Å²) in [6.07, 6.45) is -1.15. The van der Waals surface area contributed by atoms with Crippen LogP contribution in [0.2, 0.25) is 0 Å². The molecule has 2 heterocycles. The summed E-state index contributed by atoms with van der Waals surface area (Å²) in [4.78, 5) is 16.8.